The van der Waals surface area contributed by atoms with Crippen molar-refractivity contribution in [1.29, 1.82) is 10.7 Å². The van der Waals surface area contributed by atoms with Crippen LogP contribution in [0.2, 0.25) is 0 Å². The fraction of sp³-hybridized carbons (Fsp3) is 0.100. The fourth-order valence-electron chi connectivity index (χ4n) is 3.33. The Morgan fingerprint density at radius 3 is 2.50 bits per heavy atom. The second kappa shape index (κ2) is 5.77. The summed E-state index contributed by atoms with van der Waals surface area (Å²) >= 11 is 3.59. The summed E-state index contributed by atoms with van der Waals surface area (Å²) in [7, 11) is 0. The van der Waals surface area contributed by atoms with Crippen molar-refractivity contribution in [3.05, 3.63) is 76.3 Å². The van der Waals surface area contributed by atoms with Gasteiger partial charge in [0.2, 0.25) is 5.90 Å². The molecule has 0 spiro atoms. The zero-order chi connectivity index (χ0) is 16.7. The second-order valence-electron chi connectivity index (χ2n) is 5.78. The highest BCUT2D eigenvalue weighted by Crippen LogP contribution is 2.46. The Morgan fingerprint density at radius 2 is 1.71 bits per heavy atom. The van der Waals surface area contributed by atoms with Crippen molar-refractivity contribution >= 4 is 32.6 Å². The number of nitrogens with one attached hydrogen (secondary N) is 1. The van der Waals surface area contributed by atoms with Gasteiger partial charge in [-0.05, 0) is 17.0 Å². The maximum Gasteiger partial charge on any atom is 0.205 e. The summed E-state index contributed by atoms with van der Waals surface area (Å²) in [6, 6.07) is 22.1. The van der Waals surface area contributed by atoms with Crippen LogP contribution in [0.1, 0.15) is 17.0 Å². The van der Waals surface area contributed by atoms with Crippen molar-refractivity contribution in [2.75, 3.05) is 0 Å². The number of ether oxygens (including phenoxy) is 1. The largest absolute Gasteiger partial charge is 0.441 e. The third kappa shape index (κ3) is 2.21. The zero-order valence-electron chi connectivity index (χ0n) is 12.7. The van der Waals surface area contributed by atoms with Crippen LogP contribution in [0.5, 0.6) is 5.75 Å². The molecule has 0 bridgehead atoms. The lowest BCUT2D eigenvalue weighted by molar-refractivity contribution is 0.455. The van der Waals surface area contributed by atoms with Crippen LogP contribution in [0.15, 0.2) is 65.1 Å². The Labute approximate surface area is 148 Å². The summed E-state index contributed by atoms with van der Waals surface area (Å²) in [5.74, 6) is -0.184. The number of halogens is 1. The number of rotatable bonds is 1. The Bertz CT molecular complexity index is 1010. The molecule has 0 saturated heterocycles. The van der Waals surface area contributed by atoms with Crippen LogP contribution in [-0.4, -0.2) is 5.90 Å². The van der Waals surface area contributed by atoms with Crippen molar-refractivity contribution in [3.8, 4) is 11.8 Å². The van der Waals surface area contributed by atoms with E-state index in [9.17, 15) is 5.26 Å². The molecule has 1 N–H and O–H groups in total. The first-order chi connectivity index (χ1) is 11.7. The van der Waals surface area contributed by atoms with E-state index in [1.54, 1.807) is 0 Å². The molecule has 4 heteroatoms. The van der Waals surface area contributed by atoms with Crippen LogP contribution >= 0.6 is 15.9 Å². The molecule has 3 nitrogen and oxygen atoms in total. The summed E-state index contributed by atoms with van der Waals surface area (Å²) in [6.07, 6.45) is 0. The third-order valence-electron chi connectivity index (χ3n) is 4.45. The molecule has 24 heavy (non-hydrogen) atoms. The Balaban J connectivity index is 2.03. The summed E-state index contributed by atoms with van der Waals surface area (Å²) in [5, 5.41) is 19.9. The molecule has 2 unspecified atom stereocenters. The monoisotopic (exact) mass is 376 g/mol. The summed E-state index contributed by atoms with van der Waals surface area (Å²) in [6.45, 7) is 0. The van der Waals surface area contributed by atoms with Gasteiger partial charge < -0.3 is 4.74 Å². The highest BCUT2D eigenvalue weighted by Gasteiger charge is 2.38. The Hall–Kier alpha value is -2.64. The molecule has 1 aliphatic rings. The molecular weight excluding hydrogens is 364 g/mol. The van der Waals surface area contributed by atoms with Gasteiger partial charge in [-0.3, -0.25) is 5.41 Å². The molecule has 116 valence electrons. The first kappa shape index (κ1) is 14.9. The molecule has 1 heterocycles. The van der Waals surface area contributed by atoms with Gasteiger partial charge in [-0.25, -0.2) is 0 Å². The molecule has 1 aliphatic heterocycles. The fourth-order valence-corrected chi connectivity index (χ4v) is 3.86. The Morgan fingerprint density at radius 1 is 0.958 bits per heavy atom. The lowest BCUT2D eigenvalue weighted by Gasteiger charge is -2.31. The lowest BCUT2D eigenvalue weighted by atomic mass is 9.78. The number of nitrogens with zero attached hydrogens (tertiary/aromatic N) is 1. The van der Waals surface area contributed by atoms with Crippen LogP contribution in [-0.2, 0) is 0 Å². The zero-order valence-corrected chi connectivity index (χ0v) is 14.2. The molecular formula is C20H13BrN2O. The van der Waals surface area contributed by atoms with Gasteiger partial charge in [0.25, 0.3) is 0 Å². The van der Waals surface area contributed by atoms with Crippen molar-refractivity contribution < 1.29 is 4.74 Å². The van der Waals surface area contributed by atoms with Crippen LogP contribution < -0.4 is 4.74 Å². The molecule has 0 aromatic heterocycles. The highest BCUT2D eigenvalue weighted by atomic mass is 79.9. The third-order valence-corrected chi connectivity index (χ3v) is 5.17. The quantitative estimate of drug-likeness (QED) is 0.630. The predicted octanol–water partition coefficient (Wildman–Crippen LogP) is 5.24. The lowest BCUT2D eigenvalue weighted by Crippen LogP contribution is -2.31. The van der Waals surface area contributed by atoms with Crippen molar-refractivity contribution in [3.63, 3.8) is 0 Å². The first-order valence-corrected chi connectivity index (χ1v) is 8.42. The van der Waals surface area contributed by atoms with Gasteiger partial charge in [0, 0.05) is 21.3 Å². The van der Waals surface area contributed by atoms with E-state index < -0.39 is 5.92 Å². The van der Waals surface area contributed by atoms with Crippen molar-refractivity contribution in [1.82, 2.24) is 0 Å². The number of fused-ring (bicyclic) bond motifs is 3. The standard InChI is InChI=1S/C20H13BrN2O/c21-17-8-4-3-7-14(17)18-15-10-9-12-5-1-2-6-13(12)19(15)24-20(23)16(18)11-22/h1-10,16,18,23H. The number of hydrogen-bond acceptors (Lipinski definition) is 3. The van der Waals surface area contributed by atoms with E-state index in [0.29, 0.717) is 5.75 Å². The van der Waals surface area contributed by atoms with E-state index in [0.717, 1.165) is 26.4 Å². The second-order valence-corrected chi connectivity index (χ2v) is 6.63. The molecule has 3 aromatic rings. The number of hydrogen-bond donors (Lipinski definition) is 1. The topological polar surface area (TPSA) is 56.9 Å². The van der Waals surface area contributed by atoms with Crippen LogP contribution in [0, 0.1) is 22.7 Å². The van der Waals surface area contributed by atoms with E-state index in [4.69, 9.17) is 10.1 Å². The van der Waals surface area contributed by atoms with Gasteiger partial charge in [0.05, 0.1) is 6.07 Å². The van der Waals surface area contributed by atoms with Gasteiger partial charge >= 0.3 is 0 Å². The molecule has 3 aromatic carbocycles. The molecule has 0 aliphatic carbocycles. The summed E-state index contributed by atoms with van der Waals surface area (Å²) in [5.41, 5.74) is 1.94. The van der Waals surface area contributed by atoms with E-state index in [-0.39, 0.29) is 11.8 Å². The minimum atomic E-state index is -0.641. The van der Waals surface area contributed by atoms with E-state index in [1.165, 1.54) is 0 Å². The van der Waals surface area contributed by atoms with E-state index in [2.05, 4.69) is 22.0 Å². The number of nitriles is 1. The number of benzene rings is 3. The average Bonchev–Trinajstić information content (AvgIpc) is 2.61. The molecule has 0 fully saturated rings. The van der Waals surface area contributed by atoms with E-state index in [1.807, 2.05) is 60.7 Å². The average molecular weight is 377 g/mol. The van der Waals surface area contributed by atoms with Crippen LogP contribution in [0.25, 0.3) is 10.8 Å². The van der Waals surface area contributed by atoms with Crippen molar-refractivity contribution in [2.45, 2.75) is 5.92 Å². The summed E-state index contributed by atoms with van der Waals surface area (Å²) < 4.78 is 6.72. The normalized spacial score (nSPS) is 19.4. The minimum Gasteiger partial charge on any atom is -0.441 e. The first-order valence-electron chi connectivity index (χ1n) is 7.62. The summed E-state index contributed by atoms with van der Waals surface area (Å²) in [4.78, 5) is 0. The maximum atomic E-state index is 9.64. The van der Waals surface area contributed by atoms with Gasteiger partial charge in [-0.2, -0.15) is 5.26 Å². The molecule has 2 atom stereocenters. The molecule has 0 amide bonds. The highest BCUT2D eigenvalue weighted by molar-refractivity contribution is 9.10. The van der Waals surface area contributed by atoms with Crippen LogP contribution in [0.3, 0.4) is 0 Å². The van der Waals surface area contributed by atoms with Gasteiger partial charge in [-0.15, -0.1) is 0 Å². The molecule has 0 radical (unpaired) electrons. The maximum absolute atomic E-state index is 9.64. The SMILES string of the molecule is N#CC1C(=N)Oc2c(ccc3ccccc23)C1c1ccccc1Br. The Kier molecular flexibility index (Phi) is 3.59. The van der Waals surface area contributed by atoms with Gasteiger partial charge in [0.1, 0.15) is 11.7 Å². The minimum absolute atomic E-state index is 0.00195. The van der Waals surface area contributed by atoms with E-state index >= 15 is 0 Å². The van der Waals surface area contributed by atoms with Crippen LogP contribution in [0.4, 0.5) is 0 Å². The predicted molar refractivity (Wildman–Crippen MR) is 97.4 cm³/mol. The van der Waals surface area contributed by atoms with Crippen molar-refractivity contribution in [2.24, 2.45) is 5.92 Å². The smallest absolute Gasteiger partial charge is 0.205 e. The van der Waals surface area contributed by atoms with Gasteiger partial charge in [-0.1, -0.05) is 70.5 Å². The molecule has 0 saturated carbocycles. The van der Waals surface area contributed by atoms with Gasteiger partial charge in [0.15, 0.2) is 0 Å². The molecule has 4 rings (SSSR count).